The summed E-state index contributed by atoms with van der Waals surface area (Å²) in [7, 11) is 1.75. The molecule has 7 nitrogen and oxygen atoms in total. The number of hydrogen-bond donors (Lipinski definition) is 1. The van der Waals surface area contributed by atoms with Gasteiger partial charge in [-0.05, 0) is 25.5 Å². The number of nitrogens with one attached hydrogen (secondary N) is 1. The molecule has 0 aliphatic carbocycles. The number of ether oxygens (including phenoxy) is 1. The summed E-state index contributed by atoms with van der Waals surface area (Å²) in [6.07, 6.45) is 0.744. The summed E-state index contributed by atoms with van der Waals surface area (Å²) in [6, 6.07) is 11.2. The fraction of sp³-hybridized carbons (Fsp3) is 0.389. The van der Waals surface area contributed by atoms with Crippen molar-refractivity contribution < 1.29 is 18.8 Å². The lowest BCUT2D eigenvalue weighted by molar-refractivity contribution is -0.127. The highest BCUT2D eigenvalue weighted by atomic mass is 32.2. The van der Waals surface area contributed by atoms with Crippen molar-refractivity contribution in [2.75, 3.05) is 37.0 Å². The van der Waals surface area contributed by atoms with Gasteiger partial charge in [-0.1, -0.05) is 23.4 Å². The van der Waals surface area contributed by atoms with Crippen molar-refractivity contribution in [1.29, 1.82) is 0 Å². The zero-order valence-corrected chi connectivity index (χ0v) is 15.8. The molecule has 0 aliphatic heterocycles. The minimum atomic E-state index is -0.213. The van der Waals surface area contributed by atoms with E-state index in [1.165, 1.54) is 11.8 Å². The predicted octanol–water partition coefficient (Wildman–Crippen LogP) is 2.58. The van der Waals surface area contributed by atoms with E-state index in [-0.39, 0.29) is 23.3 Å². The first-order valence-corrected chi connectivity index (χ1v) is 9.43. The average Bonchev–Trinajstić information content (AvgIpc) is 3.04. The van der Waals surface area contributed by atoms with Crippen molar-refractivity contribution >= 4 is 29.4 Å². The van der Waals surface area contributed by atoms with Gasteiger partial charge in [-0.25, -0.2) is 0 Å². The van der Waals surface area contributed by atoms with Gasteiger partial charge in [-0.2, -0.15) is 0 Å². The molecule has 2 rings (SSSR count). The fourth-order valence-electron chi connectivity index (χ4n) is 2.08. The quantitative estimate of drug-likeness (QED) is 0.641. The van der Waals surface area contributed by atoms with E-state index in [9.17, 15) is 9.59 Å². The Balaban J connectivity index is 1.56. The number of nitrogens with zero attached hydrogens (tertiary/aromatic N) is 2. The van der Waals surface area contributed by atoms with Crippen molar-refractivity contribution in [2.24, 2.45) is 0 Å². The molecule has 1 aromatic heterocycles. The van der Waals surface area contributed by atoms with Crippen molar-refractivity contribution in [2.45, 2.75) is 13.3 Å². The van der Waals surface area contributed by atoms with Crippen molar-refractivity contribution in [3.05, 3.63) is 42.2 Å². The molecule has 0 saturated heterocycles. The molecule has 0 atom stereocenters. The Morgan fingerprint density at radius 1 is 1.27 bits per heavy atom. The maximum atomic E-state index is 12.1. The standard InChI is InChI=1S/C18H23N3O4S/c1-14-11-16(20-25-14)19-17(22)12-26-13-18(23)21(2)9-6-10-24-15-7-4-3-5-8-15/h3-5,7-8,11H,6,9-10,12-13H2,1-2H3,(H,19,20,22). The van der Waals surface area contributed by atoms with Gasteiger partial charge in [0.15, 0.2) is 5.82 Å². The van der Waals surface area contributed by atoms with Gasteiger partial charge in [0.1, 0.15) is 11.5 Å². The summed E-state index contributed by atoms with van der Waals surface area (Å²) in [6.45, 7) is 2.90. The Bertz CT molecular complexity index is 705. The fourth-order valence-corrected chi connectivity index (χ4v) is 2.83. The number of benzene rings is 1. The van der Waals surface area contributed by atoms with Crippen LogP contribution in [0.4, 0.5) is 5.82 Å². The Kier molecular flexibility index (Phi) is 8.01. The van der Waals surface area contributed by atoms with Crippen molar-refractivity contribution in [3.8, 4) is 5.75 Å². The monoisotopic (exact) mass is 377 g/mol. The van der Waals surface area contributed by atoms with Gasteiger partial charge in [0.2, 0.25) is 11.8 Å². The minimum Gasteiger partial charge on any atom is -0.494 e. The van der Waals surface area contributed by atoms with Gasteiger partial charge in [0, 0.05) is 19.7 Å². The molecule has 1 N–H and O–H groups in total. The maximum Gasteiger partial charge on any atom is 0.235 e. The molecule has 2 amide bonds. The third-order valence-corrected chi connectivity index (χ3v) is 4.35. The van der Waals surface area contributed by atoms with E-state index in [1.54, 1.807) is 24.9 Å². The largest absolute Gasteiger partial charge is 0.494 e. The molecule has 0 spiro atoms. The van der Waals surface area contributed by atoms with Crippen LogP contribution in [0, 0.1) is 6.92 Å². The summed E-state index contributed by atoms with van der Waals surface area (Å²) >= 11 is 1.27. The van der Waals surface area contributed by atoms with Gasteiger partial charge in [0.05, 0.1) is 18.1 Å². The van der Waals surface area contributed by atoms with E-state index in [4.69, 9.17) is 9.26 Å². The van der Waals surface area contributed by atoms with Gasteiger partial charge in [0.25, 0.3) is 0 Å². The number of rotatable bonds is 10. The van der Waals surface area contributed by atoms with Crippen LogP contribution in [0.5, 0.6) is 5.75 Å². The second-order valence-electron chi connectivity index (χ2n) is 5.69. The summed E-state index contributed by atoms with van der Waals surface area (Å²) in [5, 5.41) is 6.30. The Morgan fingerprint density at radius 3 is 2.73 bits per heavy atom. The molecule has 0 saturated carbocycles. The number of amides is 2. The van der Waals surface area contributed by atoms with Gasteiger partial charge < -0.3 is 19.5 Å². The second kappa shape index (κ2) is 10.5. The molecular weight excluding hydrogens is 354 g/mol. The molecule has 0 unspecified atom stereocenters. The summed E-state index contributed by atoms with van der Waals surface area (Å²) in [4.78, 5) is 25.5. The van der Waals surface area contributed by atoms with Crippen LogP contribution in [0.15, 0.2) is 40.9 Å². The van der Waals surface area contributed by atoms with Crippen LogP contribution in [0.3, 0.4) is 0 Å². The highest BCUT2D eigenvalue weighted by Crippen LogP contribution is 2.10. The molecule has 1 heterocycles. The first kappa shape index (κ1) is 19.8. The number of thioether (sulfide) groups is 1. The lowest BCUT2D eigenvalue weighted by Gasteiger charge is -2.17. The molecule has 0 fully saturated rings. The van der Waals surface area contributed by atoms with E-state index in [0.717, 1.165) is 12.2 Å². The summed E-state index contributed by atoms with van der Waals surface area (Å²) in [5.41, 5.74) is 0. The van der Waals surface area contributed by atoms with Crippen LogP contribution >= 0.6 is 11.8 Å². The third-order valence-electron chi connectivity index (χ3n) is 3.43. The summed E-state index contributed by atoms with van der Waals surface area (Å²) < 4.78 is 10.5. The molecule has 140 valence electrons. The Hall–Kier alpha value is -2.48. The average molecular weight is 377 g/mol. The SMILES string of the molecule is Cc1cc(NC(=O)CSCC(=O)N(C)CCCOc2ccccc2)no1. The number of para-hydroxylation sites is 1. The normalized spacial score (nSPS) is 10.4. The number of carbonyl (C=O) groups is 2. The first-order valence-electron chi connectivity index (χ1n) is 8.27. The van der Waals surface area contributed by atoms with E-state index in [1.807, 2.05) is 30.3 Å². The van der Waals surface area contributed by atoms with E-state index in [2.05, 4.69) is 10.5 Å². The van der Waals surface area contributed by atoms with E-state index >= 15 is 0 Å². The number of hydrogen-bond acceptors (Lipinski definition) is 6. The molecule has 0 radical (unpaired) electrons. The van der Waals surface area contributed by atoms with E-state index < -0.39 is 0 Å². The van der Waals surface area contributed by atoms with Crippen LogP contribution < -0.4 is 10.1 Å². The maximum absolute atomic E-state index is 12.1. The van der Waals surface area contributed by atoms with Gasteiger partial charge in [-0.15, -0.1) is 11.8 Å². The lowest BCUT2D eigenvalue weighted by Crippen LogP contribution is -2.30. The van der Waals surface area contributed by atoms with Crippen molar-refractivity contribution in [3.63, 3.8) is 0 Å². The number of anilines is 1. The number of aryl methyl sites for hydroxylation is 1. The number of aromatic nitrogens is 1. The van der Waals surface area contributed by atoms with Crippen LogP contribution in [0.25, 0.3) is 0 Å². The number of carbonyl (C=O) groups excluding carboxylic acids is 2. The predicted molar refractivity (Wildman–Crippen MR) is 101 cm³/mol. The molecule has 0 aliphatic rings. The summed E-state index contributed by atoms with van der Waals surface area (Å²) in [5.74, 6) is 2.04. The third kappa shape index (κ3) is 7.18. The zero-order valence-electron chi connectivity index (χ0n) is 14.9. The zero-order chi connectivity index (χ0) is 18.8. The second-order valence-corrected chi connectivity index (χ2v) is 6.68. The van der Waals surface area contributed by atoms with Gasteiger partial charge >= 0.3 is 0 Å². The molecular formula is C18H23N3O4S. The molecule has 0 bridgehead atoms. The molecule has 8 heteroatoms. The molecule has 26 heavy (non-hydrogen) atoms. The Labute approximate surface area is 157 Å². The highest BCUT2D eigenvalue weighted by Gasteiger charge is 2.11. The molecule has 1 aromatic carbocycles. The lowest BCUT2D eigenvalue weighted by atomic mass is 10.3. The van der Waals surface area contributed by atoms with Crippen molar-refractivity contribution in [1.82, 2.24) is 10.1 Å². The minimum absolute atomic E-state index is 0.0141. The first-order chi connectivity index (χ1) is 12.5. The molecule has 2 aromatic rings. The smallest absolute Gasteiger partial charge is 0.235 e. The highest BCUT2D eigenvalue weighted by molar-refractivity contribution is 8.00. The van der Waals surface area contributed by atoms with Crippen LogP contribution in [0.2, 0.25) is 0 Å². The Morgan fingerprint density at radius 2 is 2.04 bits per heavy atom. The van der Waals surface area contributed by atoms with Gasteiger partial charge in [-0.3, -0.25) is 9.59 Å². The topological polar surface area (TPSA) is 84.7 Å². The van der Waals surface area contributed by atoms with E-state index in [0.29, 0.717) is 24.7 Å². The van der Waals surface area contributed by atoms with Crippen LogP contribution in [-0.4, -0.2) is 53.6 Å². The van der Waals surface area contributed by atoms with Crippen LogP contribution in [0.1, 0.15) is 12.2 Å². The van der Waals surface area contributed by atoms with Crippen LogP contribution in [-0.2, 0) is 9.59 Å².